The second kappa shape index (κ2) is 9.61. The van der Waals surface area contributed by atoms with Crippen LogP contribution in [0.25, 0.3) is 44.5 Å². The molecule has 2 unspecified atom stereocenters. The monoisotopic (exact) mass is 579 g/mol. The van der Waals surface area contributed by atoms with Gasteiger partial charge in [0.1, 0.15) is 11.3 Å². The minimum Gasteiger partial charge on any atom is -0.505 e. The van der Waals surface area contributed by atoms with Gasteiger partial charge in [0.15, 0.2) is 17.3 Å². The summed E-state index contributed by atoms with van der Waals surface area (Å²) in [6, 6.07) is 16.5. The van der Waals surface area contributed by atoms with Gasteiger partial charge >= 0.3 is 0 Å². The Hall–Kier alpha value is -4.30. The van der Waals surface area contributed by atoms with Crippen LogP contribution in [0.4, 0.5) is 4.39 Å². The topological polar surface area (TPSA) is 93.9 Å². The van der Waals surface area contributed by atoms with E-state index in [1.165, 1.54) is 25.0 Å². The van der Waals surface area contributed by atoms with Crippen LogP contribution in [0, 0.1) is 24.6 Å². The molecule has 3 N–H and O–H groups in total. The Kier molecular flexibility index (Phi) is 5.88. The molecule has 2 saturated carbocycles. The molecule has 1 amide bonds. The Morgan fingerprint density at radius 1 is 1.07 bits per heavy atom. The van der Waals surface area contributed by atoms with Crippen LogP contribution in [0.5, 0.6) is 11.5 Å². The van der Waals surface area contributed by atoms with Gasteiger partial charge < -0.3 is 29.5 Å². The molecule has 0 spiro atoms. The number of carbonyl (C=O) groups excluding carboxylic acids is 1. The number of carbonyl (C=O) groups is 1. The minimum atomic E-state index is -0.642. The first-order valence-electron chi connectivity index (χ1n) is 15.1. The van der Waals surface area contributed by atoms with Crippen LogP contribution in [-0.4, -0.2) is 46.2 Å². The Labute approximate surface area is 248 Å². The number of phenolic OH excluding ortho intramolecular Hbond substituents is 1. The number of amides is 1. The number of hydrogen-bond acceptors (Lipinski definition) is 5. The van der Waals surface area contributed by atoms with Gasteiger partial charge in [-0.25, -0.2) is 4.39 Å². The van der Waals surface area contributed by atoms with Crippen LogP contribution in [0.2, 0.25) is 0 Å². The Bertz CT molecular complexity index is 1940. The van der Waals surface area contributed by atoms with Gasteiger partial charge in [0.2, 0.25) is 0 Å². The van der Waals surface area contributed by atoms with Crippen molar-refractivity contribution in [3.05, 3.63) is 71.5 Å². The molecular weight excluding hydrogens is 545 g/mol. The smallest absolute Gasteiger partial charge is 0.254 e. The average molecular weight is 580 g/mol. The van der Waals surface area contributed by atoms with E-state index in [1.807, 2.05) is 36.1 Å². The van der Waals surface area contributed by atoms with Crippen LogP contribution >= 0.6 is 0 Å². The maximum Gasteiger partial charge on any atom is 0.254 e. The third-order valence-corrected chi connectivity index (χ3v) is 9.93. The number of hydrogen-bond donors (Lipinski definition) is 2. The van der Waals surface area contributed by atoms with Gasteiger partial charge in [0.25, 0.3) is 5.91 Å². The molecule has 2 aromatic heterocycles. The van der Waals surface area contributed by atoms with Crippen LogP contribution in [-0.2, 0) is 6.54 Å². The van der Waals surface area contributed by atoms with Crippen LogP contribution in [0.3, 0.4) is 0 Å². The van der Waals surface area contributed by atoms with Gasteiger partial charge in [-0.05, 0) is 92.0 Å². The van der Waals surface area contributed by atoms with E-state index in [9.17, 15) is 14.3 Å². The molecule has 3 heterocycles. The SMILES string of the molecule is COc1cc(C(=O)N2CC3CCC2[C@@H]3N)cc2oc(-c3cc4ccc(-c5ccc(O)c(F)c5)cc4n3CC3CC3)c(C)c12. The highest BCUT2D eigenvalue weighted by molar-refractivity contribution is 6.02. The molecule has 2 bridgehead atoms. The maximum absolute atomic E-state index is 14.2. The van der Waals surface area contributed by atoms with Crippen LogP contribution in [0.15, 0.2) is 59.0 Å². The molecule has 1 saturated heterocycles. The number of rotatable bonds is 6. The molecule has 7 nitrogen and oxygen atoms in total. The molecule has 43 heavy (non-hydrogen) atoms. The summed E-state index contributed by atoms with van der Waals surface area (Å²) in [6.07, 6.45) is 4.40. The summed E-state index contributed by atoms with van der Waals surface area (Å²) in [5, 5.41) is 11.6. The second-order valence-electron chi connectivity index (χ2n) is 12.6. The van der Waals surface area contributed by atoms with E-state index in [-0.39, 0.29) is 23.7 Å². The van der Waals surface area contributed by atoms with E-state index in [1.54, 1.807) is 13.2 Å². The molecule has 3 atom stereocenters. The number of fused-ring (bicyclic) bond motifs is 4. The molecule has 3 fully saturated rings. The summed E-state index contributed by atoms with van der Waals surface area (Å²) in [7, 11) is 1.63. The van der Waals surface area contributed by atoms with Gasteiger partial charge in [-0.15, -0.1) is 0 Å². The molecule has 220 valence electrons. The number of nitrogens with zero attached hydrogens (tertiary/aromatic N) is 2. The molecule has 8 rings (SSSR count). The summed E-state index contributed by atoms with van der Waals surface area (Å²) >= 11 is 0. The molecular formula is C35H34FN3O4. The Balaban J connectivity index is 1.24. The van der Waals surface area contributed by atoms with Crippen molar-refractivity contribution in [2.24, 2.45) is 17.6 Å². The first-order valence-corrected chi connectivity index (χ1v) is 15.1. The highest BCUT2D eigenvalue weighted by Gasteiger charge is 2.47. The quantitative estimate of drug-likeness (QED) is 0.229. The summed E-state index contributed by atoms with van der Waals surface area (Å²) < 4.78 is 28.9. The fourth-order valence-electron chi connectivity index (χ4n) is 7.38. The lowest BCUT2D eigenvalue weighted by molar-refractivity contribution is 0.0700. The van der Waals surface area contributed by atoms with Crippen molar-refractivity contribution in [1.29, 1.82) is 0 Å². The highest BCUT2D eigenvalue weighted by atomic mass is 19.1. The van der Waals surface area contributed by atoms with E-state index in [0.717, 1.165) is 58.3 Å². The third kappa shape index (κ3) is 4.14. The lowest BCUT2D eigenvalue weighted by atomic mass is 10.0. The molecule has 2 aliphatic carbocycles. The number of aryl methyl sites for hydroxylation is 1. The first kappa shape index (κ1) is 26.3. The third-order valence-electron chi connectivity index (χ3n) is 9.93. The van der Waals surface area contributed by atoms with Crippen LogP contribution < -0.4 is 10.5 Å². The van der Waals surface area contributed by atoms with E-state index in [2.05, 4.69) is 16.7 Å². The van der Waals surface area contributed by atoms with Crippen molar-refractivity contribution >= 4 is 27.8 Å². The zero-order valence-electron chi connectivity index (χ0n) is 24.3. The van der Waals surface area contributed by atoms with E-state index in [4.69, 9.17) is 14.9 Å². The highest BCUT2D eigenvalue weighted by Crippen LogP contribution is 2.44. The van der Waals surface area contributed by atoms with Crippen molar-refractivity contribution in [2.75, 3.05) is 13.7 Å². The average Bonchev–Trinajstić information content (AvgIpc) is 3.42. The Morgan fingerprint density at radius 2 is 1.86 bits per heavy atom. The van der Waals surface area contributed by atoms with Gasteiger partial charge in [0.05, 0.1) is 18.2 Å². The number of phenols is 1. The zero-order chi connectivity index (χ0) is 29.6. The van der Waals surface area contributed by atoms with Crippen molar-refractivity contribution < 1.29 is 23.4 Å². The van der Waals surface area contributed by atoms with Gasteiger partial charge in [0, 0.05) is 47.2 Å². The number of aromatic nitrogens is 1. The Morgan fingerprint density at radius 3 is 2.56 bits per heavy atom. The number of methoxy groups -OCH3 is 1. The predicted molar refractivity (Wildman–Crippen MR) is 164 cm³/mol. The van der Waals surface area contributed by atoms with E-state index < -0.39 is 5.82 Å². The van der Waals surface area contributed by atoms with Gasteiger partial charge in [-0.1, -0.05) is 18.2 Å². The minimum absolute atomic E-state index is 0.0282. The van der Waals surface area contributed by atoms with Crippen molar-refractivity contribution in [3.63, 3.8) is 0 Å². The van der Waals surface area contributed by atoms with Gasteiger partial charge in [-0.3, -0.25) is 4.79 Å². The number of ether oxygens (including phenoxy) is 1. The number of likely N-dealkylation sites (tertiary alicyclic amines) is 1. The fourth-order valence-corrected chi connectivity index (χ4v) is 7.38. The number of aromatic hydroxyl groups is 1. The molecule has 3 aromatic carbocycles. The number of furan rings is 1. The van der Waals surface area contributed by atoms with E-state index >= 15 is 0 Å². The number of benzene rings is 3. The summed E-state index contributed by atoms with van der Waals surface area (Å²) in [4.78, 5) is 15.6. The molecule has 5 aromatic rings. The van der Waals surface area contributed by atoms with E-state index in [0.29, 0.717) is 40.8 Å². The normalized spacial score (nSPS) is 21.4. The summed E-state index contributed by atoms with van der Waals surface area (Å²) in [5.41, 5.74) is 12.1. The van der Waals surface area contributed by atoms with Crippen molar-refractivity contribution in [3.8, 4) is 34.1 Å². The summed E-state index contributed by atoms with van der Waals surface area (Å²) in [5.74, 6) is 1.29. The standard InChI is InChI=1S/C35H34FN3O4/c1-18-32-30(42-2)14-24(35(41)39-17-23-7-9-26(39)33(23)37)15-31(32)43-34(18)28-13-22-6-5-21(20-8-10-29(40)25(36)11-20)12-27(22)38(28)16-19-3-4-19/h5-6,8,10-15,19,23,26,33,40H,3-4,7,9,16-17,37H2,1-2H3/t23?,26?,33-/m1/s1. The van der Waals surface area contributed by atoms with Gasteiger partial charge in [-0.2, -0.15) is 0 Å². The molecule has 0 radical (unpaired) electrons. The fraction of sp³-hybridized carbons (Fsp3) is 0.343. The zero-order valence-corrected chi connectivity index (χ0v) is 24.3. The lowest BCUT2D eigenvalue weighted by Gasteiger charge is -2.27. The molecule has 1 aliphatic heterocycles. The van der Waals surface area contributed by atoms with Crippen LogP contribution in [0.1, 0.15) is 41.6 Å². The number of nitrogens with two attached hydrogens (primary N) is 1. The molecule has 8 heteroatoms. The number of piperidine rings is 1. The second-order valence-corrected chi connectivity index (χ2v) is 12.6. The summed E-state index contributed by atoms with van der Waals surface area (Å²) in [6.45, 7) is 3.59. The lowest BCUT2D eigenvalue weighted by Crippen LogP contribution is -2.41. The largest absolute Gasteiger partial charge is 0.505 e. The maximum atomic E-state index is 14.2. The predicted octanol–water partition coefficient (Wildman–Crippen LogP) is 6.85. The first-order chi connectivity index (χ1) is 20.8. The van der Waals surface area contributed by atoms with Crippen molar-refractivity contribution in [1.82, 2.24) is 9.47 Å². The van der Waals surface area contributed by atoms with Crippen molar-refractivity contribution in [2.45, 2.75) is 51.2 Å². The molecule has 3 aliphatic rings. The number of halogens is 1.